The Balaban J connectivity index is 1.78. The lowest BCUT2D eigenvalue weighted by molar-refractivity contribution is 0.564. The zero-order chi connectivity index (χ0) is 21.7. The molecule has 31 heavy (non-hydrogen) atoms. The summed E-state index contributed by atoms with van der Waals surface area (Å²) in [4.78, 5) is 17.2. The van der Waals surface area contributed by atoms with E-state index in [-0.39, 0.29) is 5.82 Å². The highest BCUT2D eigenvalue weighted by molar-refractivity contribution is 5.88. The number of halogens is 2. The maximum absolute atomic E-state index is 14.0. The number of nitrogen functional groups attached to an aromatic ring is 1. The number of benzene rings is 1. The van der Waals surface area contributed by atoms with E-state index in [2.05, 4.69) is 20.1 Å². The predicted molar refractivity (Wildman–Crippen MR) is 113 cm³/mol. The molecule has 0 aliphatic carbocycles. The highest BCUT2D eigenvalue weighted by Crippen LogP contribution is 2.34. The number of nitrogens with two attached hydrogens (primary N) is 1. The highest BCUT2D eigenvalue weighted by Gasteiger charge is 2.22. The summed E-state index contributed by atoms with van der Waals surface area (Å²) in [6, 6.07) is 7.13. The van der Waals surface area contributed by atoms with Crippen LogP contribution in [0.5, 0.6) is 0 Å². The average Bonchev–Trinajstić information content (AvgIpc) is 3.10. The first-order valence-corrected chi connectivity index (χ1v) is 9.59. The third-order valence-corrected chi connectivity index (χ3v) is 5.28. The number of aryl methyl sites for hydroxylation is 1. The van der Waals surface area contributed by atoms with E-state index >= 15 is 0 Å². The van der Waals surface area contributed by atoms with E-state index in [1.807, 2.05) is 13.8 Å². The van der Waals surface area contributed by atoms with Crippen LogP contribution in [0.25, 0.3) is 33.1 Å². The minimum atomic E-state index is -0.476. The van der Waals surface area contributed by atoms with E-state index in [0.717, 1.165) is 6.20 Å². The molecule has 154 valence electrons. The highest BCUT2D eigenvalue weighted by atomic mass is 19.1. The van der Waals surface area contributed by atoms with E-state index in [9.17, 15) is 8.78 Å². The first-order chi connectivity index (χ1) is 14.9. The molecule has 0 spiro atoms. The summed E-state index contributed by atoms with van der Waals surface area (Å²) in [5.74, 6) is -0.506. The monoisotopic (exact) mass is 417 g/mol. The molecule has 0 radical (unpaired) electrons. The first kappa shape index (κ1) is 19.0. The van der Waals surface area contributed by atoms with E-state index in [1.54, 1.807) is 23.0 Å². The Bertz CT molecular complexity index is 1460. The van der Waals surface area contributed by atoms with E-state index in [4.69, 9.17) is 10.7 Å². The number of anilines is 1. The summed E-state index contributed by atoms with van der Waals surface area (Å²) < 4.78 is 29.5. The van der Waals surface area contributed by atoms with E-state index in [1.165, 1.54) is 24.5 Å². The molecule has 5 rings (SSSR count). The molecule has 0 fully saturated rings. The number of hydrogen-bond acceptors (Lipinski definition) is 6. The van der Waals surface area contributed by atoms with Crippen molar-refractivity contribution in [3.63, 3.8) is 0 Å². The summed E-state index contributed by atoms with van der Waals surface area (Å²) in [6.45, 7) is 3.75. The minimum Gasteiger partial charge on any atom is -0.383 e. The Labute approximate surface area is 175 Å². The molecule has 0 bridgehead atoms. The van der Waals surface area contributed by atoms with Gasteiger partial charge in [0.25, 0.3) is 0 Å². The Hall–Kier alpha value is -4.01. The van der Waals surface area contributed by atoms with Crippen LogP contribution >= 0.6 is 0 Å². The zero-order valence-electron chi connectivity index (χ0n) is 16.7. The van der Waals surface area contributed by atoms with Crippen molar-refractivity contribution >= 4 is 27.8 Å². The maximum atomic E-state index is 14.0. The van der Waals surface area contributed by atoms with Crippen LogP contribution in [0.4, 0.5) is 14.6 Å². The molecule has 4 aromatic heterocycles. The Morgan fingerprint density at radius 1 is 1.03 bits per heavy atom. The molecule has 0 aliphatic rings. The van der Waals surface area contributed by atoms with Gasteiger partial charge in [0, 0.05) is 22.7 Å². The Morgan fingerprint density at radius 3 is 2.68 bits per heavy atom. The molecular formula is C22H17F2N7. The minimum absolute atomic E-state index is 0.345. The largest absolute Gasteiger partial charge is 0.383 e. The molecule has 1 unspecified atom stereocenters. The molecule has 1 aromatic carbocycles. The van der Waals surface area contributed by atoms with Gasteiger partial charge in [0.2, 0.25) is 0 Å². The van der Waals surface area contributed by atoms with Gasteiger partial charge in [0.1, 0.15) is 23.8 Å². The van der Waals surface area contributed by atoms with Crippen molar-refractivity contribution in [1.82, 2.24) is 29.7 Å². The van der Waals surface area contributed by atoms with Crippen LogP contribution in [0.15, 0.2) is 49.1 Å². The topological polar surface area (TPSA) is 95.4 Å². The number of nitrogens with zero attached hydrogens (tertiary/aromatic N) is 6. The fraction of sp³-hybridized carbons (Fsp3) is 0.136. The second-order valence-corrected chi connectivity index (χ2v) is 7.31. The number of fused-ring (bicyclic) bond motifs is 2. The summed E-state index contributed by atoms with van der Waals surface area (Å²) in [6.07, 6.45) is 4.06. The van der Waals surface area contributed by atoms with Gasteiger partial charge in [-0.3, -0.25) is 4.98 Å². The quantitative estimate of drug-likeness (QED) is 0.472. The summed E-state index contributed by atoms with van der Waals surface area (Å²) in [5.41, 5.74) is 9.68. The SMILES string of the molecule is Cc1nn(C(C)c2nc3ccc(F)cc3cc2-c2cncc(F)c2)c2ncnc(N)c12. The van der Waals surface area contributed by atoms with E-state index in [0.29, 0.717) is 50.3 Å². The van der Waals surface area contributed by atoms with Gasteiger partial charge in [0.05, 0.1) is 34.5 Å². The van der Waals surface area contributed by atoms with Crippen molar-refractivity contribution in [2.75, 3.05) is 5.73 Å². The summed E-state index contributed by atoms with van der Waals surface area (Å²) in [5, 5.41) is 5.89. The van der Waals surface area contributed by atoms with Crippen LogP contribution in [0.2, 0.25) is 0 Å². The normalized spacial score (nSPS) is 12.5. The van der Waals surface area contributed by atoms with Crippen molar-refractivity contribution in [2.24, 2.45) is 0 Å². The molecule has 5 aromatic rings. The van der Waals surface area contributed by atoms with Gasteiger partial charge in [-0.2, -0.15) is 5.10 Å². The van der Waals surface area contributed by atoms with Crippen molar-refractivity contribution < 1.29 is 8.78 Å². The molecule has 0 amide bonds. The standard InChI is InChI=1S/C22H17F2N7/c1-11-19-21(25)27-10-28-22(19)31(30-11)12(2)20-17(14-6-16(24)9-26-8-14)7-13-5-15(23)3-4-18(13)29-20/h3-10,12H,1-2H3,(H2,25,27,28). The van der Waals surface area contributed by atoms with Crippen molar-refractivity contribution in [3.05, 3.63) is 72.1 Å². The molecule has 2 N–H and O–H groups in total. The smallest absolute Gasteiger partial charge is 0.164 e. The van der Waals surface area contributed by atoms with Crippen LogP contribution in [-0.4, -0.2) is 29.7 Å². The molecule has 4 heterocycles. The molecular weight excluding hydrogens is 400 g/mol. The molecule has 1 atom stereocenters. The molecule has 0 saturated carbocycles. The first-order valence-electron chi connectivity index (χ1n) is 9.59. The predicted octanol–water partition coefficient (Wildman–Crippen LogP) is 4.21. The fourth-order valence-corrected chi connectivity index (χ4v) is 3.83. The van der Waals surface area contributed by atoms with Crippen LogP contribution < -0.4 is 5.73 Å². The van der Waals surface area contributed by atoms with Crippen molar-refractivity contribution in [3.8, 4) is 11.1 Å². The number of hydrogen-bond donors (Lipinski definition) is 1. The number of pyridine rings is 2. The summed E-state index contributed by atoms with van der Waals surface area (Å²) in [7, 11) is 0. The van der Waals surface area contributed by atoms with Crippen LogP contribution in [0, 0.1) is 18.6 Å². The second kappa shape index (κ2) is 7.05. The Morgan fingerprint density at radius 2 is 1.87 bits per heavy atom. The maximum Gasteiger partial charge on any atom is 0.164 e. The average molecular weight is 417 g/mol. The van der Waals surface area contributed by atoms with Gasteiger partial charge in [-0.15, -0.1) is 0 Å². The van der Waals surface area contributed by atoms with E-state index < -0.39 is 11.9 Å². The van der Waals surface area contributed by atoms with Gasteiger partial charge in [-0.25, -0.2) is 28.4 Å². The van der Waals surface area contributed by atoms with Crippen LogP contribution in [0.3, 0.4) is 0 Å². The van der Waals surface area contributed by atoms with Gasteiger partial charge >= 0.3 is 0 Å². The lowest BCUT2D eigenvalue weighted by Gasteiger charge is -2.18. The van der Waals surface area contributed by atoms with Gasteiger partial charge < -0.3 is 5.73 Å². The third kappa shape index (κ3) is 3.14. The third-order valence-electron chi connectivity index (χ3n) is 5.28. The molecule has 7 nitrogen and oxygen atoms in total. The zero-order valence-corrected chi connectivity index (χ0v) is 16.7. The van der Waals surface area contributed by atoms with Gasteiger partial charge in [0.15, 0.2) is 5.65 Å². The fourth-order valence-electron chi connectivity index (χ4n) is 3.83. The lowest BCUT2D eigenvalue weighted by Crippen LogP contribution is -2.13. The van der Waals surface area contributed by atoms with Gasteiger partial charge in [-0.05, 0) is 44.2 Å². The van der Waals surface area contributed by atoms with Crippen molar-refractivity contribution in [2.45, 2.75) is 19.9 Å². The number of rotatable bonds is 3. The molecule has 0 saturated heterocycles. The second-order valence-electron chi connectivity index (χ2n) is 7.31. The van der Waals surface area contributed by atoms with Crippen LogP contribution in [-0.2, 0) is 0 Å². The van der Waals surface area contributed by atoms with Gasteiger partial charge in [-0.1, -0.05) is 0 Å². The number of aromatic nitrogens is 6. The lowest BCUT2D eigenvalue weighted by atomic mass is 9.99. The Kier molecular flexibility index (Phi) is 4.32. The summed E-state index contributed by atoms with van der Waals surface area (Å²) >= 11 is 0. The van der Waals surface area contributed by atoms with Crippen molar-refractivity contribution in [1.29, 1.82) is 0 Å². The molecule has 0 aliphatic heterocycles. The van der Waals surface area contributed by atoms with Crippen LogP contribution in [0.1, 0.15) is 24.4 Å². The molecule has 9 heteroatoms.